The van der Waals surface area contributed by atoms with Crippen LogP contribution < -0.4 is 9.30 Å². The summed E-state index contributed by atoms with van der Waals surface area (Å²) in [6.07, 6.45) is 1.93. The molecule has 0 spiro atoms. The number of nitrogens with zero attached hydrogens (tertiary/aromatic N) is 1. The molecule has 2 aromatic rings. The normalized spacial score (nSPS) is 12.6. The molecule has 0 radical (unpaired) electrons. The molecule has 1 aromatic carbocycles. The Labute approximate surface area is 141 Å². The van der Waals surface area contributed by atoms with Crippen LogP contribution in [0, 0.1) is 0 Å². The second-order valence-corrected chi connectivity index (χ2v) is 6.75. The number of rotatable bonds is 8. The Morgan fingerprint density at radius 2 is 2.17 bits per heavy atom. The van der Waals surface area contributed by atoms with Gasteiger partial charge < -0.3 is 18.4 Å². The van der Waals surface area contributed by atoms with Crippen molar-refractivity contribution < 1.29 is 31.4 Å². The van der Waals surface area contributed by atoms with Crippen LogP contribution in [0.2, 0.25) is 0 Å². The molecule has 0 amide bonds. The lowest BCUT2D eigenvalue weighted by Gasteiger charge is -2.04. The van der Waals surface area contributed by atoms with Gasteiger partial charge in [0.1, 0.15) is 11.5 Å². The Kier molecular flexibility index (Phi) is 5.84. The Balaban J connectivity index is 2.42. The lowest BCUT2D eigenvalue weighted by molar-refractivity contribution is -0.677. The molecule has 0 saturated carbocycles. The van der Waals surface area contributed by atoms with Crippen LogP contribution in [0.5, 0.6) is 5.75 Å². The first kappa shape index (κ1) is 18.3. The number of benzene rings is 1. The topological polar surface area (TPSA) is 92.7 Å². The molecule has 0 unspecified atom stereocenters. The second kappa shape index (κ2) is 7.67. The van der Waals surface area contributed by atoms with Crippen LogP contribution >= 0.6 is 0 Å². The van der Waals surface area contributed by atoms with Crippen molar-refractivity contribution in [3.63, 3.8) is 0 Å². The van der Waals surface area contributed by atoms with E-state index >= 15 is 0 Å². The fraction of sp³-hybridized carbons (Fsp3) is 0.438. The summed E-state index contributed by atoms with van der Waals surface area (Å²) >= 11 is 0. The molecule has 1 aromatic heterocycles. The molecule has 132 valence electrons. The molecular weight excluding hydrogens is 334 g/mol. The van der Waals surface area contributed by atoms with E-state index in [1.54, 1.807) is 31.4 Å². The first-order chi connectivity index (χ1) is 11.3. The summed E-state index contributed by atoms with van der Waals surface area (Å²) in [7, 11) is -2.68. The average molecular weight is 355 g/mol. The van der Waals surface area contributed by atoms with Crippen molar-refractivity contribution in [2.45, 2.75) is 26.8 Å². The van der Waals surface area contributed by atoms with E-state index < -0.39 is 15.9 Å². The number of hydrogen-bond acceptors (Lipinski definition) is 6. The van der Waals surface area contributed by atoms with E-state index in [4.69, 9.17) is 13.9 Å². The molecule has 1 heterocycles. The molecule has 2 rings (SSSR count). The van der Waals surface area contributed by atoms with Crippen molar-refractivity contribution in [3.05, 3.63) is 29.8 Å². The summed E-state index contributed by atoms with van der Waals surface area (Å²) in [5.74, 6) is 1.43. The van der Waals surface area contributed by atoms with Crippen molar-refractivity contribution in [1.82, 2.24) is 0 Å². The van der Waals surface area contributed by atoms with Gasteiger partial charge in [-0.1, -0.05) is 0 Å². The van der Waals surface area contributed by atoms with Crippen LogP contribution in [-0.2, 0) is 21.4 Å². The molecule has 0 aliphatic heterocycles. The average Bonchev–Trinajstić information content (AvgIpc) is 2.83. The fourth-order valence-electron chi connectivity index (χ4n) is 2.39. The summed E-state index contributed by atoms with van der Waals surface area (Å²) < 4.78 is 50.8. The third-order valence-electron chi connectivity index (χ3n) is 3.41. The number of aromatic nitrogens is 1. The van der Waals surface area contributed by atoms with Gasteiger partial charge in [0.05, 0.1) is 36.0 Å². The molecule has 0 saturated heterocycles. The summed E-state index contributed by atoms with van der Waals surface area (Å²) in [5.41, 5.74) is 1.39. The second-order valence-electron chi connectivity index (χ2n) is 5.23. The van der Waals surface area contributed by atoms with Crippen molar-refractivity contribution in [3.8, 4) is 5.75 Å². The van der Waals surface area contributed by atoms with E-state index in [0.717, 1.165) is 5.52 Å². The third kappa shape index (κ3) is 4.72. The molecule has 7 nitrogen and oxygen atoms in total. The van der Waals surface area contributed by atoms with Gasteiger partial charge in [0, 0.05) is 12.2 Å². The number of allylic oxidation sites excluding steroid dienone is 1. The highest BCUT2D eigenvalue weighted by atomic mass is 32.2. The van der Waals surface area contributed by atoms with Crippen LogP contribution in [0.3, 0.4) is 0 Å². The van der Waals surface area contributed by atoms with Crippen molar-refractivity contribution >= 4 is 27.3 Å². The number of aryl methyl sites for hydroxylation is 1. The van der Waals surface area contributed by atoms with Crippen molar-refractivity contribution in [2.75, 3.05) is 19.5 Å². The molecule has 0 bridgehead atoms. The maximum atomic E-state index is 10.8. The highest BCUT2D eigenvalue weighted by molar-refractivity contribution is 7.85. The van der Waals surface area contributed by atoms with Gasteiger partial charge in [-0.3, -0.25) is 0 Å². The van der Waals surface area contributed by atoms with Gasteiger partial charge in [0.15, 0.2) is 6.54 Å². The maximum Gasteiger partial charge on any atom is 0.377 e. The lowest BCUT2D eigenvalue weighted by Crippen LogP contribution is -2.36. The maximum absolute atomic E-state index is 10.8. The number of oxazole rings is 1. The molecule has 0 N–H and O–H groups in total. The van der Waals surface area contributed by atoms with Crippen LogP contribution in [0.1, 0.15) is 26.2 Å². The molecule has 0 atom stereocenters. The van der Waals surface area contributed by atoms with Crippen LogP contribution in [-0.4, -0.2) is 32.4 Å². The number of fused-ring (bicyclic) bond motifs is 1. The van der Waals surface area contributed by atoms with Gasteiger partial charge in [0.2, 0.25) is 5.58 Å². The molecule has 0 aliphatic carbocycles. The highest BCUT2D eigenvalue weighted by Gasteiger charge is 2.22. The van der Waals surface area contributed by atoms with Crippen molar-refractivity contribution in [2.24, 2.45) is 0 Å². The zero-order valence-corrected chi connectivity index (χ0v) is 14.8. The van der Waals surface area contributed by atoms with E-state index in [0.29, 0.717) is 36.1 Å². The summed E-state index contributed by atoms with van der Waals surface area (Å²) in [4.78, 5) is 0. The number of ether oxygens (including phenoxy) is 2. The van der Waals surface area contributed by atoms with E-state index in [1.165, 1.54) is 0 Å². The standard InChI is InChI=1S/C16H21NO6S/c1-4-22-12(2)10-16-17(8-5-9-24(18,19)20)14-11-13(21-3)6-7-15(14)23-16/h6-7,10-11H,4-5,8-9H2,1-3H3/b12-10+. The Morgan fingerprint density at radius 3 is 2.79 bits per heavy atom. The van der Waals surface area contributed by atoms with E-state index in [-0.39, 0.29) is 6.42 Å². The van der Waals surface area contributed by atoms with Gasteiger partial charge in [-0.25, -0.2) is 8.42 Å². The van der Waals surface area contributed by atoms with Gasteiger partial charge in [-0.2, -0.15) is 4.57 Å². The minimum absolute atomic E-state index is 0.191. The third-order valence-corrected chi connectivity index (χ3v) is 4.20. The summed E-state index contributed by atoms with van der Waals surface area (Å²) in [5, 5.41) is 0. The molecule has 24 heavy (non-hydrogen) atoms. The fourth-order valence-corrected chi connectivity index (χ4v) is 2.87. The SMILES string of the molecule is CCO/C(C)=C/c1oc2ccc(OC)cc2[n+]1CCCS(=O)(=O)[O-]. The van der Waals surface area contributed by atoms with E-state index in [2.05, 4.69) is 0 Å². The van der Waals surface area contributed by atoms with Crippen LogP contribution in [0.4, 0.5) is 0 Å². The number of hydrogen-bond donors (Lipinski definition) is 0. The Morgan fingerprint density at radius 1 is 1.42 bits per heavy atom. The summed E-state index contributed by atoms with van der Waals surface area (Å²) in [6, 6.07) is 5.36. The largest absolute Gasteiger partial charge is 0.748 e. The Bertz CT molecular complexity index is 838. The zero-order valence-electron chi connectivity index (χ0n) is 13.9. The quantitative estimate of drug-likeness (QED) is 0.409. The molecule has 0 fully saturated rings. The molecule has 0 aliphatic rings. The Hall–Kier alpha value is -2.06. The minimum atomic E-state index is -4.25. The molecular formula is C16H21NO6S. The zero-order chi connectivity index (χ0) is 17.7. The van der Waals surface area contributed by atoms with Crippen LogP contribution in [0.15, 0.2) is 28.4 Å². The van der Waals surface area contributed by atoms with Crippen molar-refractivity contribution in [1.29, 1.82) is 0 Å². The van der Waals surface area contributed by atoms with Gasteiger partial charge >= 0.3 is 5.89 Å². The van der Waals surface area contributed by atoms with Crippen LogP contribution in [0.25, 0.3) is 17.2 Å². The predicted molar refractivity (Wildman–Crippen MR) is 87.4 cm³/mol. The van der Waals surface area contributed by atoms with Gasteiger partial charge in [0.25, 0.3) is 5.52 Å². The predicted octanol–water partition coefficient (Wildman–Crippen LogP) is 2.06. The highest BCUT2D eigenvalue weighted by Crippen LogP contribution is 2.21. The minimum Gasteiger partial charge on any atom is -0.748 e. The number of methoxy groups -OCH3 is 1. The lowest BCUT2D eigenvalue weighted by atomic mass is 10.3. The van der Waals surface area contributed by atoms with Gasteiger partial charge in [-0.05, 0) is 26.0 Å². The molecule has 8 heteroatoms. The first-order valence-electron chi connectivity index (χ1n) is 7.59. The monoisotopic (exact) mass is 355 g/mol. The van der Waals surface area contributed by atoms with E-state index in [9.17, 15) is 13.0 Å². The van der Waals surface area contributed by atoms with Gasteiger partial charge in [-0.15, -0.1) is 0 Å². The smallest absolute Gasteiger partial charge is 0.377 e. The first-order valence-corrected chi connectivity index (χ1v) is 9.17. The van der Waals surface area contributed by atoms with E-state index in [1.807, 2.05) is 18.4 Å². The summed E-state index contributed by atoms with van der Waals surface area (Å²) in [6.45, 7) is 4.55.